The summed E-state index contributed by atoms with van der Waals surface area (Å²) in [6.45, 7) is 7.32. The molecule has 1 aromatic heterocycles. The predicted molar refractivity (Wildman–Crippen MR) is 209 cm³/mol. The molecule has 3 saturated carbocycles. The zero-order valence-electron chi connectivity index (χ0n) is 33.7. The smallest absolute Gasteiger partial charge is 0.287 e. The molecule has 1 unspecified atom stereocenters. The van der Waals surface area contributed by atoms with E-state index >= 15 is 8.78 Å². The minimum absolute atomic E-state index is 0.0135. The van der Waals surface area contributed by atoms with Crippen LogP contribution in [0.25, 0.3) is 0 Å². The number of nitrogens with zero attached hydrogens (tertiary/aromatic N) is 3. The normalized spacial score (nSPS) is 24.2. The molecule has 4 aliphatic rings. The van der Waals surface area contributed by atoms with Crippen LogP contribution in [0.15, 0.2) is 42.7 Å². The molecule has 4 amide bonds. The lowest BCUT2D eigenvalue weighted by atomic mass is 9.74. The Kier molecular flexibility index (Phi) is 13.2. The molecule has 3 aliphatic carbocycles. The Morgan fingerprint density at radius 1 is 0.982 bits per heavy atom. The SMILES string of the molecule is CCC[C@H](NC(=O)[C@@H]1[C@H]2CCC(F)(F)[C@H]2CN1C(=O)[C@@H](CC(=O)[C@@H](NC(=O)c1nccn1Cc1ccccc1)C1CCCCC1)C(C)(C)C)C(O)C(=O)NC1CC1. The van der Waals surface area contributed by atoms with Gasteiger partial charge in [-0.15, -0.1) is 0 Å². The van der Waals surface area contributed by atoms with Gasteiger partial charge in [0.25, 0.3) is 17.7 Å². The highest BCUT2D eigenvalue weighted by molar-refractivity contribution is 5.98. The van der Waals surface area contributed by atoms with Crippen molar-refractivity contribution < 1.29 is 37.9 Å². The van der Waals surface area contributed by atoms with Crippen molar-refractivity contribution in [3.05, 3.63) is 54.1 Å². The second-order valence-corrected chi connectivity index (χ2v) is 17.9. The quantitative estimate of drug-likeness (QED) is 0.185. The van der Waals surface area contributed by atoms with E-state index in [4.69, 9.17) is 0 Å². The summed E-state index contributed by atoms with van der Waals surface area (Å²) in [5, 5.41) is 19.5. The van der Waals surface area contributed by atoms with Gasteiger partial charge in [0.05, 0.1) is 12.1 Å². The maximum absolute atomic E-state index is 15.4. The number of carbonyl (C=O) groups is 5. The topological polar surface area (TPSA) is 163 Å². The first-order valence-corrected chi connectivity index (χ1v) is 20.9. The molecule has 0 bridgehead atoms. The summed E-state index contributed by atoms with van der Waals surface area (Å²) in [4.78, 5) is 75.9. The highest BCUT2D eigenvalue weighted by Gasteiger charge is 2.61. The zero-order chi connectivity index (χ0) is 41.1. The third-order valence-electron chi connectivity index (χ3n) is 12.7. The number of ketones is 1. The van der Waals surface area contributed by atoms with E-state index in [1.54, 1.807) is 17.0 Å². The number of imidazole rings is 1. The molecule has 14 heteroatoms. The number of aromatic nitrogens is 2. The van der Waals surface area contributed by atoms with Crippen LogP contribution in [0.3, 0.4) is 0 Å². The average molecular weight is 795 g/mol. The molecular formula is C43H60F2N6O6. The summed E-state index contributed by atoms with van der Waals surface area (Å²) < 4.78 is 32.5. The molecule has 1 saturated heterocycles. The fraction of sp³-hybridized carbons (Fsp3) is 0.674. The molecule has 1 aromatic carbocycles. The second-order valence-electron chi connectivity index (χ2n) is 17.9. The largest absolute Gasteiger partial charge is 0.381 e. The Bertz CT molecular complexity index is 1750. The first kappa shape index (κ1) is 42.4. The van der Waals surface area contributed by atoms with Crippen LogP contribution in [0.5, 0.6) is 0 Å². The number of alkyl halides is 2. The molecule has 312 valence electrons. The van der Waals surface area contributed by atoms with Crippen molar-refractivity contribution in [1.82, 2.24) is 30.4 Å². The average Bonchev–Trinajstić information content (AvgIpc) is 3.58. The number of fused-ring (bicyclic) bond motifs is 1. The zero-order valence-corrected chi connectivity index (χ0v) is 33.7. The molecule has 2 aromatic rings. The van der Waals surface area contributed by atoms with E-state index in [1.807, 2.05) is 58.0 Å². The highest BCUT2D eigenvalue weighted by Crippen LogP contribution is 2.52. The van der Waals surface area contributed by atoms with Gasteiger partial charge in [-0.1, -0.05) is 83.7 Å². The summed E-state index contributed by atoms with van der Waals surface area (Å²) in [5.41, 5.74) is 0.144. The van der Waals surface area contributed by atoms with E-state index in [-0.39, 0.29) is 49.4 Å². The van der Waals surface area contributed by atoms with Gasteiger partial charge in [0.2, 0.25) is 11.8 Å². The van der Waals surface area contributed by atoms with Crippen molar-refractivity contribution >= 4 is 29.4 Å². The van der Waals surface area contributed by atoms with Gasteiger partial charge in [-0.05, 0) is 61.3 Å². The fourth-order valence-corrected chi connectivity index (χ4v) is 9.26. The van der Waals surface area contributed by atoms with Gasteiger partial charge in [0.15, 0.2) is 17.7 Å². The molecule has 1 aliphatic heterocycles. The first-order chi connectivity index (χ1) is 27.1. The maximum atomic E-state index is 15.4. The van der Waals surface area contributed by atoms with Crippen molar-refractivity contribution in [1.29, 1.82) is 0 Å². The molecule has 4 N–H and O–H groups in total. The monoisotopic (exact) mass is 794 g/mol. The number of halogens is 2. The van der Waals surface area contributed by atoms with Crippen LogP contribution < -0.4 is 16.0 Å². The Hall–Kier alpha value is -4.20. The number of Topliss-reactive ketones (excluding diaryl/α,β-unsaturated/α-hetero) is 1. The van der Waals surface area contributed by atoms with Gasteiger partial charge >= 0.3 is 0 Å². The van der Waals surface area contributed by atoms with Crippen LogP contribution >= 0.6 is 0 Å². The summed E-state index contributed by atoms with van der Waals surface area (Å²) in [7, 11) is 0. The van der Waals surface area contributed by atoms with E-state index in [1.165, 1.54) is 4.90 Å². The fourth-order valence-electron chi connectivity index (χ4n) is 9.26. The third kappa shape index (κ3) is 9.92. The van der Waals surface area contributed by atoms with Crippen LogP contribution in [0.2, 0.25) is 0 Å². The molecule has 6 rings (SSSR count). The van der Waals surface area contributed by atoms with Crippen LogP contribution in [0.4, 0.5) is 8.78 Å². The standard InChI is InChI=1S/C43H60F2N6O6/c1-5-12-32(36(53)39(55)47-28-17-18-28)48-38(54)35-29-19-20-43(44,45)31(29)25-51(35)41(57)30(42(2,3)4)23-33(52)34(27-15-10-7-11-16-27)49-40(56)37-46-21-22-50(37)24-26-13-8-6-9-14-26/h6,8-9,13-14,21-22,27-32,34-36,53H,5,7,10-12,15-20,23-25H2,1-4H3,(H,47,55)(H,48,54)(H,49,56)/t29-,30+,31-,32-,34-,35-,36?/m0/s1. The molecule has 0 radical (unpaired) electrons. The minimum Gasteiger partial charge on any atom is -0.381 e. The molecule has 2 heterocycles. The van der Waals surface area contributed by atoms with Gasteiger partial charge in [-0.3, -0.25) is 24.0 Å². The van der Waals surface area contributed by atoms with Gasteiger partial charge in [0, 0.05) is 56.2 Å². The van der Waals surface area contributed by atoms with Crippen molar-refractivity contribution in [3.63, 3.8) is 0 Å². The number of nitrogens with one attached hydrogen (secondary N) is 3. The maximum Gasteiger partial charge on any atom is 0.287 e. The lowest BCUT2D eigenvalue weighted by Crippen LogP contribution is -2.57. The predicted octanol–water partition coefficient (Wildman–Crippen LogP) is 5.03. The number of likely N-dealkylation sites (tertiary alicyclic amines) is 1. The number of hydrogen-bond donors (Lipinski definition) is 4. The molecule has 0 spiro atoms. The van der Waals surface area contributed by atoms with E-state index < -0.39 is 83.4 Å². The number of aliphatic hydroxyl groups excluding tert-OH is 1. The number of benzene rings is 1. The second kappa shape index (κ2) is 17.7. The number of rotatable bonds is 16. The number of aliphatic hydroxyl groups is 1. The Morgan fingerprint density at radius 3 is 2.33 bits per heavy atom. The number of carbonyl (C=O) groups excluding carboxylic acids is 5. The third-order valence-corrected chi connectivity index (χ3v) is 12.7. The Morgan fingerprint density at radius 2 is 1.68 bits per heavy atom. The summed E-state index contributed by atoms with van der Waals surface area (Å²) in [6.07, 6.45) is 7.71. The van der Waals surface area contributed by atoms with Gasteiger partial charge in [-0.25, -0.2) is 13.8 Å². The van der Waals surface area contributed by atoms with Gasteiger partial charge in [0.1, 0.15) is 6.04 Å². The Balaban J connectivity index is 1.23. The van der Waals surface area contributed by atoms with Crippen molar-refractivity contribution in [3.8, 4) is 0 Å². The molecular weight excluding hydrogens is 735 g/mol. The lowest BCUT2D eigenvalue weighted by Gasteiger charge is -2.37. The molecule has 12 nitrogen and oxygen atoms in total. The van der Waals surface area contributed by atoms with E-state index in [9.17, 15) is 29.1 Å². The molecule has 7 atom stereocenters. The van der Waals surface area contributed by atoms with Crippen molar-refractivity contribution in [2.45, 2.75) is 147 Å². The van der Waals surface area contributed by atoms with E-state index in [0.29, 0.717) is 13.0 Å². The van der Waals surface area contributed by atoms with Crippen LogP contribution in [-0.4, -0.2) is 91.7 Å². The minimum atomic E-state index is -3.10. The number of hydrogen-bond acceptors (Lipinski definition) is 7. The van der Waals surface area contributed by atoms with Gasteiger partial charge in [-0.2, -0.15) is 0 Å². The van der Waals surface area contributed by atoms with Crippen LogP contribution in [-0.2, 0) is 25.7 Å². The summed E-state index contributed by atoms with van der Waals surface area (Å²) >= 11 is 0. The van der Waals surface area contributed by atoms with Crippen LogP contribution in [0.1, 0.15) is 121 Å². The molecule has 4 fully saturated rings. The van der Waals surface area contributed by atoms with Crippen molar-refractivity contribution in [2.75, 3.05) is 6.54 Å². The van der Waals surface area contributed by atoms with Crippen molar-refractivity contribution in [2.24, 2.45) is 29.1 Å². The lowest BCUT2D eigenvalue weighted by molar-refractivity contribution is -0.148. The number of amides is 4. The first-order valence-electron chi connectivity index (χ1n) is 20.9. The highest BCUT2D eigenvalue weighted by atomic mass is 19.3. The summed E-state index contributed by atoms with van der Waals surface area (Å²) in [6, 6.07) is 6.46. The van der Waals surface area contributed by atoms with E-state index in [0.717, 1.165) is 50.5 Å². The van der Waals surface area contributed by atoms with E-state index in [2.05, 4.69) is 20.9 Å². The molecule has 57 heavy (non-hydrogen) atoms. The summed E-state index contributed by atoms with van der Waals surface area (Å²) in [5.74, 6) is -8.90. The van der Waals surface area contributed by atoms with Gasteiger partial charge < -0.3 is 30.5 Å². The van der Waals surface area contributed by atoms with Crippen LogP contribution in [0, 0.1) is 29.1 Å². The Labute approximate surface area is 334 Å².